The number of nitrogens with one attached hydrogen (secondary N) is 1. The number of nitrogens with zero attached hydrogens (tertiary/aromatic N) is 2. The molecule has 10 heteroatoms. The van der Waals surface area contributed by atoms with Crippen molar-refractivity contribution in [3.63, 3.8) is 0 Å². The van der Waals surface area contributed by atoms with Crippen molar-refractivity contribution < 1.29 is 27.2 Å². The maximum absolute atomic E-state index is 13.1. The van der Waals surface area contributed by atoms with Crippen LogP contribution in [0, 0.1) is 5.82 Å². The molecule has 1 heterocycles. The Kier molecular flexibility index (Phi) is 7.55. The van der Waals surface area contributed by atoms with E-state index in [2.05, 4.69) is 10.3 Å². The normalized spacial score (nSPS) is 18.2. The van der Waals surface area contributed by atoms with Crippen LogP contribution in [0.25, 0.3) is 0 Å². The van der Waals surface area contributed by atoms with Crippen LogP contribution in [0.3, 0.4) is 0 Å². The quantitative estimate of drug-likeness (QED) is 0.562. The van der Waals surface area contributed by atoms with Gasteiger partial charge in [0.2, 0.25) is 11.8 Å². The lowest BCUT2D eigenvalue weighted by Crippen LogP contribution is -2.45. The van der Waals surface area contributed by atoms with Gasteiger partial charge in [-0.1, -0.05) is 31.2 Å². The molecular formula is C22H21F4N3O2S. The van der Waals surface area contributed by atoms with Crippen molar-refractivity contribution in [2.24, 2.45) is 4.99 Å². The van der Waals surface area contributed by atoms with Crippen molar-refractivity contribution in [2.75, 3.05) is 11.9 Å². The fraction of sp³-hybridized carbons (Fsp3) is 0.318. The first-order valence-electron chi connectivity index (χ1n) is 9.96. The number of amides is 2. The van der Waals surface area contributed by atoms with Gasteiger partial charge in [-0.15, -0.1) is 0 Å². The zero-order chi connectivity index (χ0) is 23.3. The third kappa shape index (κ3) is 6.09. The number of carbonyl (C=O) groups is 2. The largest absolute Gasteiger partial charge is 0.416 e. The van der Waals surface area contributed by atoms with Gasteiger partial charge in [0, 0.05) is 18.7 Å². The van der Waals surface area contributed by atoms with Gasteiger partial charge in [-0.3, -0.25) is 14.5 Å². The van der Waals surface area contributed by atoms with Crippen LogP contribution in [0.5, 0.6) is 0 Å². The molecule has 0 aromatic heterocycles. The summed E-state index contributed by atoms with van der Waals surface area (Å²) in [6, 6.07) is 9.68. The van der Waals surface area contributed by atoms with Crippen molar-refractivity contribution >= 4 is 40.1 Å². The standard InChI is InChI=1S/C22H21F4N3O2S/c1-2-3-11-29-19(30)13-18(20(31)27-16-9-7-15(23)8-10-16)32-21(29)28-17-6-4-5-14(12-17)22(24,25)26/h4-10,12,18H,2-3,11,13H2,1H3,(H,27,31). The number of benzene rings is 2. The number of halogens is 4. The van der Waals surface area contributed by atoms with E-state index >= 15 is 0 Å². The third-order valence-electron chi connectivity index (χ3n) is 4.68. The summed E-state index contributed by atoms with van der Waals surface area (Å²) in [5.74, 6) is -1.25. The van der Waals surface area contributed by atoms with Crippen molar-refractivity contribution in [1.82, 2.24) is 4.90 Å². The van der Waals surface area contributed by atoms with Gasteiger partial charge < -0.3 is 5.32 Å². The van der Waals surface area contributed by atoms with E-state index in [9.17, 15) is 27.2 Å². The molecule has 3 rings (SSSR count). The van der Waals surface area contributed by atoms with Gasteiger partial charge in [0.05, 0.1) is 11.3 Å². The molecule has 0 radical (unpaired) electrons. The minimum atomic E-state index is -4.52. The molecule has 0 aliphatic carbocycles. The Balaban J connectivity index is 1.86. The Morgan fingerprint density at radius 1 is 1.22 bits per heavy atom. The van der Waals surface area contributed by atoms with Gasteiger partial charge in [0.25, 0.3) is 0 Å². The predicted octanol–water partition coefficient (Wildman–Crippen LogP) is 5.60. The van der Waals surface area contributed by atoms with Gasteiger partial charge in [0.1, 0.15) is 11.1 Å². The number of carbonyl (C=O) groups excluding carboxylic acids is 2. The van der Waals surface area contributed by atoms with E-state index in [1.807, 2.05) is 6.92 Å². The highest BCUT2D eigenvalue weighted by Crippen LogP contribution is 2.34. The maximum atomic E-state index is 13.1. The molecule has 170 valence electrons. The molecule has 1 unspecified atom stereocenters. The number of hydrogen-bond acceptors (Lipinski definition) is 4. The molecule has 1 saturated heterocycles. The number of aliphatic imine (C=N–C) groups is 1. The lowest BCUT2D eigenvalue weighted by Gasteiger charge is -2.31. The van der Waals surface area contributed by atoms with Crippen LogP contribution in [-0.2, 0) is 15.8 Å². The molecule has 1 aliphatic rings. The van der Waals surface area contributed by atoms with Crippen LogP contribution in [0.15, 0.2) is 53.5 Å². The summed E-state index contributed by atoms with van der Waals surface area (Å²) in [7, 11) is 0. The van der Waals surface area contributed by atoms with Gasteiger partial charge in [-0.2, -0.15) is 13.2 Å². The maximum Gasteiger partial charge on any atom is 0.416 e. The number of anilines is 1. The van der Waals surface area contributed by atoms with Crippen LogP contribution < -0.4 is 5.32 Å². The molecule has 0 spiro atoms. The number of rotatable bonds is 6. The molecule has 2 aromatic rings. The van der Waals surface area contributed by atoms with E-state index in [1.165, 1.54) is 41.3 Å². The third-order valence-corrected chi connectivity index (χ3v) is 5.87. The number of thioether (sulfide) groups is 1. The van der Waals surface area contributed by atoms with Gasteiger partial charge in [0.15, 0.2) is 5.17 Å². The fourth-order valence-electron chi connectivity index (χ4n) is 3.00. The molecular weight excluding hydrogens is 446 g/mol. The van der Waals surface area contributed by atoms with Gasteiger partial charge in [-0.25, -0.2) is 9.38 Å². The Hall–Kier alpha value is -2.88. The molecule has 1 atom stereocenters. The lowest BCUT2D eigenvalue weighted by molar-refractivity contribution is -0.137. The van der Waals surface area contributed by atoms with Crippen LogP contribution in [0.1, 0.15) is 31.7 Å². The van der Waals surface area contributed by atoms with Crippen molar-refractivity contribution in [1.29, 1.82) is 0 Å². The number of unbranched alkanes of at least 4 members (excludes halogenated alkanes) is 1. The molecule has 0 saturated carbocycles. The SMILES string of the molecule is CCCCN1C(=O)CC(C(=O)Nc2ccc(F)cc2)SC1=Nc1cccc(C(F)(F)F)c1. The summed E-state index contributed by atoms with van der Waals surface area (Å²) >= 11 is 1.02. The number of amidine groups is 1. The Morgan fingerprint density at radius 3 is 2.59 bits per heavy atom. The highest BCUT2D eigenvalue weighted by atomic mass is 32.2. The summed E-state index contributed by atoms with van der Waals surface area (Å²) < 4.78 is 52.3. The Morgan fingerprint density at radius 2 is 1.94 bits per heavy atom. The second-order valence-corrected chi connectivity index (χ2v) is 8.32. The Labute approximate surface area is 186 Å². The van der Waals surface area contributed by atoms with E-state index in [-0.39, 0.29) is 23.2 Å². The predicted molar refractivity (Wildman–Crippen MR) is 116 cm³/mol. The second kappa shape index (κ2) is 10.2. The van der Waals surface area contributed by atoms with Gasteiger partial charge in [-0.05, 0) is 48.9 Å². The molecule has 2 amide bonds. The van der Waals surface area contributed by atoms with E-state index in [0.717, 1.165) is 30.3 Å². The topological polar surface area (TPSA) is 61.8 Å². The molecule has 0 bridgehead atoms. The summed E-state index contributed by atoms with van der Waals surface area (Å²) in [5, 5.41) is 1.98. The number of alkyl halides is 3. The first kappa shape index (κ1) is 23.8. The van der Waals surface area contributed by atoms with E-state index < -0.39 is 28.7 Å². The fourth-order valence-corrected chi connectivity index (χ4v) is 4.12. The van der Waals surface area contributed by atoms with E-state index in [0.29, 0.717) is 18.7 Å². The monoisotopic (exact) mass is 467 g/mol. The first-order chi connectivity index (χ1) is 15.2. The summed E-state index contributed by atoms with van der Waals surface area (Å²) in [5.41, 5.74) is -0.442. The lowest BCUT2D eigenvalue weighted by atomic mass is 10.2. The first-order valence-corrected chi connectivity index (χ1v) is 10.8. The molecule has 2 aromatic carbocycles. The Bertz CT molecular complexity index is 1010. The average molecular weight is 467 g/mol. The highest BCUT2D eigenvalue weighted by Gasteiger charge is 2.36. The van der Waals surface area contributed by atoms with E-state index in [1.54, 1.807) is 0 Å². The zero-order valence-electron chi connectivity index (χ0n) is 17.2. The van der Waals surface area contributed by atoms with Crippen LogP contribution in [-0.4, -0.2) is 33.7 Å². The molecule has 1 fully saturated rings. The van der Waals surface area contributed by atoms with Crippen molar-refractivity contribution in [3.05, 3.63) is 59.9 Å². The summed E-state index contributed by atoms with van der Waals surface area (Å²) in [4.78, 5) is 31.2. The van der Waals surface area contributed by atoms with Crippen LogP contribution in [0.2, 0.25) is 0 Å². The second-order valence-electron chi connectivity index (χ2n) is 7.15. The molecule has 1 aliphatic heterocycles. The number of hydrogen-bond donors (Lipinski definition) is 1. The van der Waals surface area contributed by atoms with Gasteiger partial charge >= 0.3 is 6.18 Å². The van der Waals surface area contributed by atoms with Crippen LogP contribution in [0.4, 0.5) is 28.9 Å². The van der Waals surface area contributed by atoms with E-state index in [4.69, 9.17) is 0 Å². The summed E-state index contributed by atoms with van der Waals surface area (Å²) in [6.07, 6.45) is -3.12. The molecule has 1 N–H and O–H groups in total. The van der Waals surface area contributed by atoms with Crippen molar-refractivity contribution in [2.45, 2.75) is 37.6 Å². The highest BCUT2D eigenvalue weighted by molar-refractivity contribution is 8.15. The minimum Gasteiger partial charge on any atom is -0.325 e. The molecule has 5 nitrogen and oxygen atoms in total. The van der Waals surface area contributed by atoms with Crippen molar-refractivity contribution in [3.8, 4) is 0 Å². The minimum absolute atomic E-state index is 0.0382. The summed E-state index contributed by atoms with van der Waals surface area (Å²) in [6.45, 7) is 2.30. The zero-order valence-corrected chi connectivity index (χ0v) is 18.0. The average Bonchev–Trinajstić information content (AvgIpc) is 2.74. The smallest absolute Gasteiger partial charge is 0.325 e. The molecule has 32 heavy (non-hydrogen) atoms. The van der Waals surface area contributed by atoms with Crippen LogP contribution >= 0.6 is 11.8 Å².